The predicted octanol–water partition coefficient (Wildman–Crippen LogP) is 1.61. The van der Waals surface area contributed by atoms with Crippen LogP contribution in [0.3, 0.4) is 0 Å². The van der Waals surface area contributed by atoms with E-state index < -0.39 is 9.84 Å². The van der Waals surface area contributed by atoms with Crippen LogP contribution < -0.4 is 4.74 Å². The highest BCUT2D eigenvalue weighted by Crippen LogP contribution is 2.27. The predicted molar refractivity (Wildman–Crippen MR) is 87.6 cm³/mol. The molecule has 2 aromatic rings. The van der Waals surface area contributed by atoms with Gasteiger partial charge in [0.25, 0.3) is 5.91 Å². The molecule has 7 nitrogen and oxygen atoms in total. The van der Waals surface area contributed by atoms with Crippen molar-refractivity contribution >= 4 is 15.7 Å². The lowest BCUT2D eigenvalue weighted by Gasteiger charge is -2.23. The molecule has 0 spiro atoms. The summed E-state index contributed by atoms with van der Waals surface area (Å²) in [6.45, 7) is 0. The molecule has 0 bridgehead atoms. The Labute approximate surface area is 140 Å². The van der Waals surface area contributed by atoms with E-state index in [1.807, 2.05) is 0 Å². The highest BCUT2D eigenvalue weighted by molar-refractivity contribution is 7.91. The molecule has 1 aromatic heterocycles. The van der Waals surface area contributed by atoms with E-state index in [1.165, 1.54) is 11.1 Å². The van der Waals surface area contributed by atoms with Gasteiger partial charge in [0.05, 0.1) is 24.8 Å². The summed E-state index contributed by atoms with van der Waals surface area (Å²) in [5.74, 6) is 0.863. The highest BCUT2D eigenvalue weighted by Gasteiger charge is 2.34. The average Bonchev–Trinajstić information content (AvgIpc) is 3.20. The summed E-state index contributed by atoms with van der Waals surface area (Å²) >= 11 is 0. The minimum atomic E-state index is -3.06. The minimum absolute atomic E-state index is 0.00160. The number of carbonyl (C=O) groups excluding carboxylic acids is 1. The number of hydrogen-bond donors (Lipinski definition) is 0. The van der Waals surface area contributed by atoms with Gasteiger partial charge in [-0.05, 0) is 30.7 Å². The van der Waals surface area contributed by atoms with Crippen molar-refractivity contribution in [3.05, 3.63) is 36.0 Å². The van der Waals surface area contributed by atoms with Gasteiger partial charge in [-0.2, -0.15) is 0 Å². The SMILES string of the molecule is COc1ccc(-c2oncc2C(=O)N(C)C2CCS(=O)(=O)C2)cc1. The Morgan fingerprint density at radius 2 is 2.04 bits per heavy atom. The molecule has 2 heterocycles. The van der Waals surface area contributed by atoms with Crippen molar-refractivity contribution in [1.29, 1.82) is 0 Å². The van der Waals surface area contributed by atoms with Crippen LogP contribution in [0.25, 0.3) is 11.3 Å². The van der Waals surface area contributed by atoms with Crippen molar-refractivity contribution in [3.8, 4) is 17.1 Å². The van der Waals surface area contributed by atoms with Gasteiger partial charge in [-0.15, -0.1) is 0 Å². The van der Waals surface area contributed by atoms with Gasteiger partial charge in [-0.25, -0.2) is 8.42 Å². The summed E-state index contributed by atoms with van der Waals surface area (Å²) in [7, 11) is 0.123. The fourth-order valence-corrected chi connectivity index (χ4v) is 4.55. The van der Waals surface area contributed by atoms with E-state index in [2.05, 4.69) is 5.16 Å². The Balaban J connectivity index is 1.85. The van der Waals surface area contributed by atoms with Crippen LogP contribution in [0.4, 0.5) is 0 Å². The van der Waals surface area contributed by atoms with E-state index in [9.17, 15) is 13.2 Å². The molecule has 1 amide bonds. The second-order valence-corrected chi connectivity index (χ2v) is 8.00. The van der Waals surface area contributed by atoms with Gasteiger partial charge < -0.3 is 14.2 Å². The number of amides is 1. The molecule has 1 saturated heterocycles. The van der Waals surface area contributed by atoms with Crippen LogP contribution in [0.5, 0.6) is 5.75 Å². The van der Waals surface area contributed by atoms with Crippen LogP contribution in [0.2, 0.25) is 0 Å². The molecule has 1 unspecified atom stereocenters. The average molecular weight is 350 g/mol. The summed E-state index contributed by atoms with van der Waals surface area (Å²) in [5, 5.41) is 3.73. The molecule has 1 fully saturated rings. The first-order chi connectivity index (χ1) is 11.4. The van der Waals surface area contributed by atoms with Crippen LogP contribution in [0.1, 0.15) is 16.8 Å². The first-order valence-corrected chi connectivity index (χ1v) is 9.30. The molecule has 8 heteroatoms. The standard InChI is InChI=1S/C16H18N2O5S/c1-18(12-7-8-24(20,21)10-12)16(19)14-9-17-23-15(14)11-3-5-13(22-2)6-4-11/h3-6,9,12H,7-8,10H2,1-2H3. The zero-order valence-electron chi connectivity index (χ0n) is 13.4. The summed E-state index contributed by atoms with van der Waals surface area (Å²) in [5.41, 5.74) is 1.01. The fourth-order valence-electron chi connectivity index (χ4n) is 2.78. The molecule has 1 aliphatic rings. The fraction of sp³-hybridized carbons (Fsp3) is 0.375. The molecule has 1 aromatic carbocycles. The van der Waals surface area contributed by atoms with Crippen molar-refractivity contribution < 1.29 is 22.5 Å². The minimum Gasteiger partial charge on any atom is -0.497 e. The largest absolute Gasteiger partial charge is 0.497 e. The monoisotopic (exact) mass is 350 g/mol. The molecule has 0 N–H and O–H groups in total. The first-order valence-electron chi connectivity index (χ1n) is 7.48. The van der Waals surface area contributed by atoms with E-state index in [1.54, 1.807) is 38.4 Å². The normalized spacial score (nSPS) is 19.2. The maximum absolute atomic E-state index is 12.7. The number of aromatic nitrogens is 1. The molecule has 3 rings (SSSR count). The van der Waals surface area contributed by atoms with Crippen LogP contribution >= 0.6 is 0 Å². The number of rotatable bonds is 4. The van der Waals surface area contributed by atoms with Gasteiger partial charge in [0.1, 0.15) is 11.3 Å². The summed E-state index contributed by atoms with van der Waals surface area (Å²) in [4.78, 5) is 14.2. The second kappa shape index (κ2) is 6.27. The summed E-state index contributed by atoms with van der Waals surface area (Å²) in [6.07, 6.45) is 1.82. The summed E-state index contributed by atoms with van der Waals surface area (Å²) < 4.78 is 33.6. The maximum Gasteiger partial charge on any atom is 0.259 e. The van der Waals surface area contributed by atoms with Gasteiger partial charge in [0.2, 0.25) is 0 Å². The molecule has 24 heavy (non-hydrogen) atoms. The van der Waals surface area contributed by atoms with Gasteiger partial charge in [-0.3, -0.25) is 4.79 Å². The maximum atomic E-state index is 12.7. The smallest absolute Gasteiger partial charge is 0.259 e. The Hall–Kier alpha value is -2.35. The third kappa shape index (κ3) is 3.14. The quantitative estimate of drug-likeness (QED) is 0.832. The zero-order chi connectivity index (χ0) is 17.3. The third-order valence-corrected chi connectivity index (χ3v) is 5.98. The number of nitrogens with zero attached hydrogens (tertiary/aromatic N) is 2. The van der Waals surface area contributed by atoms with Gasteiger partial charge in [0.15, 0.2) is 15.6 Å². The number of hydrogen-bond acceptors (Lipinski definition) is 6. The molecule has 1 atom stereocenters. The van der Waals surface area contributed by atoms with Crippen molar-refractivity contribution in [2.24, 2.45) is 0 Å². The zero-order valence-corrected chi connectivity index (χ0v) is 14.2. The van der Waals surface area contributed by atoms with Crippen LogP contribution in [0.15, 0.2) is 35.0 Å². The second-order valence-electron chi connectivity index (χ2n) is 5.77. The van der Waals surface area contributed by atoms with E-state index in [4.69, 9.17) is 9.26 Å². The van der Waals surface area contributed by atoms with Gasteiger partial charge in [-0.1, -0.05) is 5.16 Å². The Bertz CT molecular complexity index is 842. The van der Waals surface area contributed by atoms with Crippen LogP contribution in [-0.2, 0) is 9.84 Å². The molecular formula is C16H18N2O5S. The number of benzene rings is 1. The van der Waals surface area contributed by atoms with Gasteiger partial charge >= 0.3 is 0 Å². The Morgan fingerprint density at radius 3 is 2.62 bits per heavy atom. The van der Waals surface area contributed by atoms with Gasteiger partial charge in [0, 0.05) is 18.7 Å². The molecule has 0 aliphatic carbocycles. The number of sulfone groups is 1. The third-order valence-electron chi connectivity index (χ3n) is 4.23. The Kier molecular flexibility index (Phi) is 4.31. The highest BCUT2D eigenvalue weighted by atomic mass is 32.2. The number of ether oxygens (including phenoxy) is 1. The van der Waals surface area contributed by atoms with Crippen molar-refractivity contribution in [2.45, 2.75) is 12.5 Å². The molecule has 128 valence electrons. The lowest BCUT2D eigenvalue weighted by molar-refractivity contribution is 0.0748. The first kappa shape index (κ1) is 16.5. The molecule has 0 radical (unpaired) electrons. The summed E-state index contributed by atoms with van der Waals surface area (Å²) in [6, 6.07) is 6.76. The Morgan fingerprint density at radius 1 is 1.33 bits per heavy atom. The van der Waals surface area contributed by atoms with Crippen LogP contribution in [0, 0.1) is 0 Å². The molecule has 1 aliphatic heterocycles. The topological polar surface area (TPSA) is 89.7 Å². The van der Waals surface area contributed by atoms with E-state index >= 15 is 0 Å². The van der Waals surface area contributed by atoms with Crippen LogP contribution in [-0.4, -0.2) is 56.1 Å². The molecule has 0 saturated carbocycles. The van der Waals surface area contributed by atoms with E-state index in [-0.39, 0.29) is 23.5 Å². The lowest BCUT2D eigenvalue weighted by Crippen LogP contribution is -2.37. The number of carbonyl (C=O) groups is 1. The van der Waals surface area contributed by atoms with E-state index in [0.29, 0.717) is 29.1 Å². The lowest BCUT2D eigenvalue weighted by atomic mass is 10.1. The van der Waals surface area contributed by atoms with Crippen molar-refractivity contribution in [2.75, 3.05) is 25.7 Å². The van der Waals surface area contributed by atoms with Crippen molar-refractivity contribution in [1.82, 2.24) is 10.1 Å². The van der Waals surface area contributed by atoms with E-state index in [0.717, 1.165) is 0 Å². The molecular weight excluding hydrogens is 332 g/mol. The van der Waals surface area contributed by atoms with Crippen molar-refractivity contribution in [3.63, 3.8) is 0 Å². The number of methoxy groups -OCH3 is 1.